The molecule has 0 fully saturated rings. The smallest absolute Gasteiger partial charge is 0.295 e. The van der Waals surface area contributed by atoms with Gasteiger partial charge in [-0.05, 0) is 18.6 Å². The zero-order valence-electron chi connectivity index (χ0n) is 10.2. The first-order valence-corrected chi connectivity index (χ1v) is 6.06. The lowest BCUT2D eigenvalue weighted by Crippen LogP contribution is -2.06. The van der Waals surface area contributed by atoms with Crippen LogP contribution in [0.1, 0.15) is 19.0 Å². The van der Waals surface area contributed by atoms with E-state index in [4.69, 9.17) is 17.3 Å². The number of nitro benzene ring substituents is 1. The van der Waals surface area contributed by atoms with Crippen LogP contribution in [0.3, 0.4) is 0 Å². The Morgan fingerprint density at radius 3 is 2.89 bits per heavy atom. The highest BCUT2D eigenvalue weighted by Gasteiger charge is 2.20. The number of halogens is 1. The Labute approximate surface area is 114 Å². The molecular weight excluding hydrogens is 270 g/mol. The van der Waals surface area contributed by atoms with E-state index in [0.29, 0.717) is 17.1 Å². The van der Waals surface area contributed by atoms with Gasteiger partial charge < -0.3 is 5.73 Å². The summed E-state index contributed by atoms with van der Waals surface area (Å²) in [5, 5.41) is 19.1. The van der Waals surface area contributed by atoms with Crippen LogP contribution in [0.2, 0.25) is 5.02 Å². The number of hydrogen-bond acceptors (Lipinski definition) is 5. The largest absolute Gasteiger partial charge is 0.381 e. The molecule has 0 radical (unpaired) electrons. The number of nitrogens with two attached hydrogens (primary N) is 1. The van der Waals surface area contributed by atoms with E-state index >= 15 is 0 Å². The summed E-state index contributed by atoms with van der Waals surface area (Å²) in [7, 11) is 0. The first-order chi connectivity index (χ1) is 9.04. The van der Waals surface area contributed by atoms with Gasteiger partial charge in [-0.25, -0.2) is 4.68 Å². The van der Waals surface area contributed by atoms with Crippen molar-refractivity contribution < 1.29 is 4.92 Å². The number of benzene rings is 1. The number of hydrogen-bond donors (Lipinski definition) is 1. The van der Waals surface area contributed by atoms with Gasteiger partial charge in [-0.2, -0.15) is 0 Å². The first kappa shape index (κ1) is 13.3. The van der Waals surface area contributed by atoms with E-state index in [1.807, 2.05) is 6.92 Å². The lowest BCUT2D eigenvalue weighted by molar-refractivity contribution is -0.384. The first-order valence-electron chi connectivity index (χ1n) is 5.69. The van der Waals surface area contributed by atoms with Crippen LogP contribution in [0.5, 0.6) is 0 Å². The summed E-state index contributed by atoms with van der Waals surface area (Å²) in [6.45, 7) is 1.98. The average molecular weight is 282 g/mol. The number of anilines is 1. The van der Waals surface area contributed by atoms with E-state index in [1.54, 1.807) is 0 Å². The third kappa shape index (κ3) is 2.50. The molecule has 1 aromatic heterocycles. The van der Waals surface area contributed by atoms with Crippen LogP contribution in [0.15, 0.2) is 18.2 Å². The topological polar surface area (TPSA) is 99.9 Å². The minimum atomic E-state index is -0.487. The molecule has 0 aliphatic heterocycles. The van der Waals surface area contributed by atoms with Gasteiger partial charge in [0, 0.05) is 11.1 Å². The number of nitro groups is 1. The molecule has 0 saturated heterocycles. The highest BCUT2D eigenvalue weighted by atomic mass is 35.5. The van der Waals surface area contributed by atoms with Gasteiger partial charge in [-0.1, -0.05) is 30.2 Å². The molecule has 0 aliphatic carbocycles. The van der Waals surface area contributed by atoms with E-state index in [1.165, 1.54) is 22.9 Å². The predicted molar refractivity (Wildman–Crippen MR) is 71.4 cm³/mol. The number of rotatable bonds is 4. The van der Waals surface area contributed by atoms with Crippen LogP contribution in [0, 0.1) is 10.1 Å². The van der Waals surface area contributed by atoms with Gasteiger partial charge in [0.15, 0.2) is 5.82 Å². The lowest BCUT2D eigenvalue weighted by Gasteiger charge is -2.07. The molecule has 2 aromatic rings. The Balaban J connectivity index is 2.64. The SMILES string of the molecule is CCCc1c(N)nnn1-c1cc(Cl)ccc1[N+](=O)[O-]. The Kier molecular flexibility index (Phi) is 3.66. The zero-order chi connectivity index (χ0) is 14.0. The van der Waals surface area contributed by atoms with Gasteiger partial charge in [0.2, 0.25) is 0 Å². The van der Waals surface area contributed by atoms with Crippen LogP contribution in [-0.2, 0) is 6.42 Å². The minimum absolute atomic E-state index is 0.0911. The summed E-state index contributed by atoms with van der Waals surface area (Å²) in [6, 6.07) is 4.28. The molecule has 8 heteroatoms. The molecule has 2 rings (SSSR count). The van der Waals surface area contributed by atoms with Crippen LogP contribution < -0.4 is 5.73 Å². The fraction of sp³-hybridized carbons (Fsp3) is 0.273. The molecular formula is C11H12ClN5O2. The van der Waals surface area contributed by atoms with Gasteiger partial charge in [-0.15, -0.1) is 5.10 Å². The summed E-state index contributed by atoms with van der Waals surface area (Å²) in [5.41, 5.74) is 6.56. The second-order valence-corrected chi connectivity index (χ2v) is 4.41. The van der Waals surface area contributed by atoms with E-state index in [2.05, 4.69) is 10.3 Å². The fourth-order valence-electron chi connectivity index (χ4n) is 1.80. The van der Waals surface area contributed by atoms with Gasteiger partial charge in [0.05, 0.1) is 10.6 Å². The normalized spacial score (nSPS) is 10.6. The molecule has 0 atom stereocenters. The summed E-state index contributed by atoms with van der Waals surface area (Å²) in [4.78, 5) is 10.6. The fourth-order valence-corrected chi connectivity index (χ4v) is 1.96. The Morgan fingerprint density at radius 2 is 2.26 bits per heavy atom. The van der Waals surface area contributed by atoms with E-state index in [-0.39, 0.29) is 17.2 Å². The molecule has 0 saturated carbocycles. The molecule has 1 aromatic carbocycles. The monoisotopic (exact) mass is 281 g/mol. The quantitative estimate of drug-likeness (QED) is 0.685. The summed E-state index contributed by atoms with van der Waals surface area (Å²) < 4.78 is 1.38. The summed E-state index contributed by atoms with van der Waals surface area (Å²) >= 11 is 5.89. The highest BCUT2D eigenvalue weighted by molar-refractivity contribution is 6.30. The molecule has 0 unspecified atom stereocenters. The average Bonchev–Trinajstić information content (AvgIpc) is 2.71. The van der Waals surface area contributed by atoms with E-state index < -0.39 is 4.92 Å². The lowest BCUT2D eigenvalue weighted by atomic mass is 10.2. The molecule has 1 heterocycles. The van der Waals surface area contributed by atoms with Crippen LogP contribution in [-0.4, -0.2) is 19.9 Å². The molecule has 0 amide bonds. The van der Waals surface area contributed by atoms with Gasteiger partial charge in [-0.3, -0.25) is 10.1 Å². The highest BCUT2D eigenvalue weighted by Crippen LogP contribution is 2.28. The number of aromatic nitrogens is 3. The standard InChI is InChI=1S/C11H12ClN5O2/c1-2-3-9-11(13)14-15-16(9)10-6-7(12)4-5-8(10)17(18)19/h4-6H,2-3,13H2,1H3. The van der Waals surface area contributed by atoms with Gasteiger partial charge >= 0.3 is 0 Å². The maximum Gasteiger partial charge on any atom is 0.295 e. The summed E-state index contributed by atoms with van der Waals surface area (Å²) in [6.07, 6.45) is 1.45. The van der Waals surface area contributed by atoms with Crippen molar-refractivity contribution in [2.75, 3.05) is 5.73 Å². The molecule has 0 bridgehead atoms. The Bertz CT molecular complexity index is 626. The molecule has 19 heavy (non-hydrogen) atoms. The van der Waals surface area contributed by atoms with Crippen molar-refractivity contribution in [1.82, 2.24) is 15.0 Å². The van der Waals surface area contributed by atoms with Crippen molar-refractivity contribution in [1.29, 1.82) is 0 Å². The van der Waals surface area contributed by atoms with Crippen molar-refractivity contribution in [2.24, 2.45) is 0 Å². The number of nitrogens with zero attached hydrogens (tertiary/aromatic N) is 4. The maximum atomic E-state index is 11.1. The second-order valence-electron chi connectivity index (χ2n) is 3.97. The Hall–Kier alpha value is -2.15. The van der Waals surface area contributed by atoms with Crippen molar-refractivity contribution in [3.05, 3.63) is 39.0 Å². The van der Waals surface area contributed by atoms with Crippen molar-refractivity contribution in [2.45, 2.75) is 19.8 Å². The van der Waals surface area contributed by atoms with Crippen molar-refractivity contribution in [3.63, 3.8) is 0 Å². The maximum absolute atomic E-state index is 11.1. The van der Waals surface area contributed by atoms with Gasteiger partial charge in [0.25, 0.3) is 5.69 Å². The molecule has 7 nitrogen and oxygen atoms in total. The summed E-state index contributed by atoms with van der Waals surface area (Å²) in [5.74, 6) is 0.274. The van der Waals surface area contributed by atoms with E-state index in [9.17, 15) is 10.1 Å². The predicted octanol–water partition coefficient (Wildman–Crippen LogP) is 2.36. The molecule has 100 valence electrons. The van der Waals surface area contributed by atoms with Crippen LogP contribution in [0.4, 0.5) is 11.5 Å². The van der Waals surface area contributed by atoms with Crippen molar-refractivity contribution in [3.8, 4) is 5.69 Å². The van der Waals surface area contributed by atoms with E-state index in [0.717, 1.165) is 6.42 Å². The third-order valence-electron chi connectivity index (χ3n) is 2.64. The van der Waals surface area contributed by atoms with Gasteiger partial charge in [0.1, 0.15) is 5.69 Å². The van der Waals surface area contributed by atoms with Crippen LogP contribution in [0.25, 0.3) is 5.69 Å². The third-order valence-corrected chi connectivity index (χ3v) is 2.88. The molecule has 0 spiro atoms. The van der Waals surface area contributed by atoms with Crippen LogP contribution >= 0.6 is 11.6 Å². The molecule has 2 N–H and O–H groups in total. The molecule has 0 aliphatic rings. The number of nitrogen functional groups attached to an aromatic ring is 1. The Morgan fingerprint density at radius 1 is 1.53 bits per heavy atom. The van der Waals surface area contributed by atoms with Crippen molar-refractivity contribution >= 4 is 23.1 Å². The minimum Gasteiger partial charge on any atom is -0.381 e. The zero-order valence-corrected chi connectivity index (χ0v) is 11.0. The second kappa shape index (κ2) is 5.23.